The smallest absolute Gasteiger partial charge is 0.337 e. The first-order valence-corrected chi connectivity index (χ1v) is 5.35. The van der Waals surface area contributed by atoms with Crippen molar-refractivity contribution in [1.82, 2.24) is 4.98 Å². The summed E-state index contributed by atoms with van der Waals surface area (Å²) in [6, 6.07) is 9.59. The molecule has 17 heavy (non-hydrogen) atoms. The standard InChI is InChI=1S/C14H13NO2/c1-9-3-5-11(6-4-9)12-7-10(2)15-8-13(12)14(16)17/h3-8H,1-2H3,(H,16,17). The summed E-state index contributed by atoms with van der Waals surface area (Å²) in [5, 5.41) is 9.13. The second kappa shape index (κ2) is 4.37. The van der Waals surface area contributed by atoms with Gasteiger partial charge in [0.15, 0.2) is 0 Å². The maximum absolute atomic E-state index is 11.1. The zero-order valence-corrected chi connectivity index (χ0v) is 9.77. The van der Waals surface area contributed by atoms with Crippen LogP contribution in [-0.2, 0) is 0 Å². The van der Waals surface area contributed by atoms with E-state index in [4.69, 9.17) is 5.11 Å². The Morgan fingerprint density at radius 3 is 2.41 bits per heavy atom. The second-order valence-electron chi connectivity index (χ2n) is 4.04. The number of hydrogen-bond acceptors (Lipinski definition) is 2. The van der Waals surface area contributed by atoms with Crippen molar-refractivity contribution in [3.05, 3.63) is 53.3 Å². The maximum Gasteiger partial charge on any atom is 0.337 e. The number of aryl methyl sites for hydroxylation is 2. The molecule has 0 atom stereocenters. The summed E-state index contributed by atoms with van der Waals surface area (Å²) in [5.41, 5.74) is 3.81. The van der Waals surface area contributed by atoms with E-state index in [1.165, 1.54) is 6.20 Å². The molecule has 2 rings (SSSR count). The van der Waals surface area contributed by atoms with Gasteiger partial charge >= 0.3 is 5.97 Å². The summed E-state index contributed by atoms with van der Waals surface area (Å²) in [4.78, 5) is 15.2. The lowest BCUT2D eigenvalue weighted by molar-refractivity contribution is 0.0697. The number of rotatable bonds is 2. The van der Waals surface area contributed by atoms with Gasteiger partial charge in [-0.1, -0.05) is 29.8 Å². The van der Waals surface area contributed by atoms with Gasteiger partial charge in [0.1, 0.15) is 0 Å². The molecule has 1 aromatic heterocycles. The molecule has 0 aliphatic carbocycles. The van der Waals surface area contributed by atoms with Crippen LogP contribution in [0.2, 0.25) is 0 Å². The molecule has 0 fully saturated rings. The fourth-order valence-corrected chi connectivity index (χ4v) is 1.70. The van der Waals surface area contributed by atoms with Crippen LogP contribution in [0.5, 0.6) is 0 Å². The van der Waals surface area contributed by atoms with Crippen LogP contribution in [0.25, 0.3) is 11.1 Å². The van der Waals surface area contributed by atoms with E-state index in [-0.39, 0.29) is 5.56 Å². The fourth-order valence-electron chi connectivity index (χ4n) is 1.70. The Balaban J connectivity index is 2.60. The quantitative estimate of drug-likeness (QED) is 0.857. The van der Waals surface area contributed by atoms with Crippen molar-refractivity contribution in [2.45, 2.75) is 13.8 Å². The topological polar surface area (TPSA) is 50.2 Å². The van der Waals surface area contributed by atoms with E-state index in [1.54, 1.807) is 6.07 Å². The van der Waals surface area contributed by atoms with Crippen LogP contribution in [0.15, 0.2) is 36.5 Å². The van der Waals surface area contributed by atoms with Crippen LogP contribution >= 0.6 is 0 Å². The summed E-state index contributed by atoms with van der Waals surface area (Å²) < 4.78 is 0. The Labute approximate surface area is 99.8 Å². The highest BCUT2D eigenvalue weighted by atomic mass is 16.4. The highest BCUT2D eigenvalue weighted by Crippen LogP contribution is 2.24. The third-order valence-corrected chi connectivity index (χ3v) is 2.63. The molecule has 0 radical (unpaired) electrons. The molecule has 0 saturated carbocycles. The molecule has 0 aliphatic heterocycles. The van der Waals surface area contributed by atoms with E-state index < -0.39 is 5.97 Å². The Hall–Kier alpha value is -2.16. The number of benzene rings is 1. The molecule has 1 N–H and O–H groups in total. The zero-order chi connectivity index (χ0) is 12.4. The van der Waals surface area contributed by atoms with Crippen molar-refractivity contribution in [2.24, 2.45) is 0 Å². The van der Waals surface area contributed by atoms with Gasteiger partial charge in [-0.05, 0) is 31.0 Å². The first-order valence-electron chi connectivity index (χ1n) is 5.35. The summed E-state index contributed by atoms with van der Waals surface area (Å²) in [5.74, 6) is -0.951. The summed E-state index contributed by atoms with van der Waals surface area (Å²) in [6.45, 7) is 3.85. The lowest BCUT2D eigenvalue weighted by atomic mass is 10.00. The summed E-state index contributed by atoms with van der Waals surface area (Å²) in [7, 11) is 0. The largest absolute Gasteiger partial charge is 0.478 e. The average molecular weight is 227 g/mol. The molecule has 3 nitrogen and oxygen atoms in total. The minimum atomic E-state index is -0.951. The molecule has 2 aromatic rings. The molecule has 0 spiro atoms. The van der Waals surface area contributed by atoms with Gasteiger partial charge in [-0.3, -0.25) is 4.98 Å². The molecule has 86 valence electrons. The van der Waals surface area contributed by atoms with Crippen molar-refractivity contribution >= 4 is 5.97 Å². The number of hydrogen-bond donors (Lipinski definition) is 1. The van der Waals surface area contributed by atoms with Crippen molar-refractivity contribution in [3.63, 3.8) is 0 Å². The van der Waals surface area contributed by atoms with Crippen molar-refractivity contribution in [3.8, 4) is 11.1 Å². The maximum atomic E-state index is 11.1. The molecule has 3 heteroatoms. The molecule has 0 aliphatic rings. The van der Waals surface area contributed by atoms with Crippen LogP contribution in [-0.4, -0.2) is 16.1 Å². The molecule has 1 heterocycles. The Morgan fingerprint density at radius 1 is 1.18 bits per heavy atom. The van der Waals surface area contributed by atoms with E-state index >= 15 is 0 Å². The molecule has 0 bridgehead atoms. The molecule has 0 amide bonds. The van der Waals surface area contributed by atoms with Crippen molar-refractivity contribution in [1.29, 1.82) is 0 Å². The lowest BCUT2D eigenvalue weighted by Crippen LogP contribution is -2.01. The molecule has 1 aromatic carbocycles. The molecular formula is C14H13NO2. The van der Waals surface area contributed by atoms with E-state index in [1.807, 2.05) is 38.1 Å². The molecule has 0 unspecified atom stereocenters. The number of aromatic carboxylic acids is 1. The highest BCUT2D eigenvalue weighted by molar-refractivity contribution is 5.95. The first-order chi connectivity index (χ1) is 8.08. The van der Waals surface area contributed by atoms with E-state index in [2.05, 4.69) is 4.98 Å². The van der Waals surface area contributed by atoms with Gasteiger partial charge in [0, 0.05) is 11.9 Å². The van der Waals surface area contributed by atoms with Gasteiger partial charge in [-0.15, -0.1) is 0 Å². The number of nitrogens with zero attached hydrogens (tertiary/aromatic N) is 1. The normalized spacial score (nSPS) is 10.2. The van der Waals surface area contributed by atoms with Crippen LogP contribution < -0.4 is 0 Å². The minimum absolute atomic E-state index is 0.236. The van der Waals surface area contributed by atoms with Gasteiger partial charge < -0.3 is 5.11 Å². The second-order valence-corrected chi connectivity index (χ2v) is 4.04. The predicted molar refractivity (Wildman–Crippen MR) is 66.1 cm³/mol. The third kappa shape index (κ3) is 2.33. The number of carboxylic acids is 1. The van der Waals surface area contributed by atoms with Gasteiger partial charge in [0.25, 0.3) is 0 Å². The Kier molecular flexibility index (Phi) is 2.91. The average Bonchev–Trinajstić information content (AvgIpc) is 2.29. The number of pyridine rings is 1. The monoisotopic (exact) mass is 227 g/mol. The Bertz CT molecular complexity index is 559. The van der Waals surface area contributed by atoms with E-state index in [0.717, 1.165) is 16.8 Å². The van der Waals surface area contributed by atoms with Crippen LogP contribution in [0.1, 0.15) is 21.6 Å². The highest BCUT2D eigenvalue weighted by Gasteiger charge is 2.12. The number of aromatic nitrogens is 1. The fraction of sp³-hybridized carbons (Fsp3) is 0.143. The predicted octanol–water partition coefficient (Wildman–Crippen LogP) is 3.06. The SMILES string of the molecule is Cc1ccc(-c2cc(C)ncc2C(=O)O)cc1. The summed E-state index contributed by atoms with van der Waals surface area (Å²) >= 11 is 0. The van der Waals surface area contributed by atoms with Crippen LogP contribution in [0.3, 0.4) is 0 Å². The lowest BCUT2D eigenvalue weighted by Gasteiger charge is -2.07. The van der Waals surface area contributed by atoms with Gasteiger partial charge in [-0.2, -0.15) is 0 Å². The van der Waals surface area contributed by atoms with Crippen LogP contribution in [0.4, 0.5) is 0 Å². The number of carbonyl (C=O) groups is 1. The number of carboxylic acid groups (broad SMARTS) is 1. The molecule has 0 saturated heterocycles. The van der Waals surface area contributed by atoms with Gasteiger partial charge in [0.2, 0.25) is 0 Å². The molecular weight excluding hydrogens is 214 g/mol. The summed E-state index contributed by atoms with van der Waals surface area (Å²) in [6.07, 6.45) is 1.41. The van der Waals surface area contributed by atoms with E-state index in [9.17, 15) is 4.79 Å². The third-order valence-electron chi connectivity index (χ3n) is 2.63. The minimum Gasteiger partial charge on any atom is -0.478 e. The zero-order valence-electron chi connectivity index (χ0n) is 9.77. The van der Waals surface area contributed by atoms with Crippen LogP contribution in [0, 0.1) is 13.8 Å². The van der Waals surface area contributed by atoms with Gasteiger partial charge in [0.05, 0.1) is 5.56 Å². The van der Waals surface area contributed by atoms with Gasteiger partial charge in [-0.25, -0.2) is 4.79 Å². The first kappa shape index (κ1) is 11.3. The van der Waals surface area contributed by atoms with E-state index in [0.29, 0.717) is 5.56 Å². The van der Waals surface area contributed by atoms with Crippen molar-refractivity contribution in [2.75, 3.05) is 0 Å². The van der Waals surface area contributed by atoms with Crippen molar-refractivity contribution < 1.29 is 9.90 Å². The Morgan fingerprint density at radius 2 is 1.82 bits per heavy atom.